The molecule has 0 aromatic heterocycles. The van der Waals surface area contributed by atoms with Crippen LogP contribution in [0, 0.1) is 11.3 Å². The summed E-state index contributed by atoms with van der Waals surface area (Å²) in [5.74, 6) is 0.399. The maximum Gasteiger partial charge on any atom is 0.266 e. The lowest BCUT2D eigenvalue weighted by Gasteiger charge is -2.12. The molecule has 1 amide bonds. The predicted octanol–water partition coefficient (Wildman–Crippen LogP) is 6.78. The Morgan fingerprint density at radius 1 is 0.969 bits per heavy atom. The Morgan fingerprint density at radius 3 is 2.28 bits per heavy atom. The summed E-state index contributed by atoms with van der Waals surface area (Å²) in [6, 6.07) is 19.0. The van der Waals surface area contributed by atoms with Crippen molar-refractivity contribution < 1.29 is 14.3 Å². The van der Waals surface area contributed by atoms with Crippen molar-refractivity contribution >= 4 is 52.5 Å². The molecule has 0 saturated carbocycles. The zero-order valence-electron chi connectivity index (χ0n) is 16.9. The van der Waals surface area contributed by atoms with E-state index >= 15 is 0 Å². The lowest BCUT2D eigenvalue weighted by molar-refractivity contribution is -0.112. The van der Waals surface area contributed by atoms with Gasteiger partial charge in [-0.1, -0.05) is 53.0 Å². The first-order valence-corrected chi connectivity index (χ1v) is 10.5. The average molecular weight is 488 g/mol. The highest BCUT2D eigenvalue weighted by Gasteiger charge is 2.12. The molecule has 5 nitrogen and oxygen atoms in total. The number of ether oxygens (including phenoxy) is 2. The first-order chi connectivity index (χ1) is 15.4. The van der Waals surface area contributed by atoms with Crippen molar-refractivity contribution in [3.63, 3.8) is 0 Å². The number of nitrogens with zero attached hydrogens (tertiary/aromatic N) is 1. The number of halogens is 3. The smallest absolute Gasteiger partial charge is 0.266 e. The van der Waals surface area contributed by atoms with E-state index in [1.807, 2.05) is 18.2 Å². The van der Waals surface area contributed by atoms with Gasteiger partial charge in [-0.25, -0.2) is 0 Å². The van der Waals surface area contributed by atoms with Gasteiger partial charge < -0.3 is 14.8 Å². The van der Waals surface area contributed by atoms with Crippen LogP contribution in [-0.2, 0) is 11.4 Å². The monoisotopic (exact) mass is 486 g/mol. The summed E-state index contributed by atoms with van der Waals surface area (Å²) in [6.45, 7) is 0.330. The third-order valence-electron chi connectivity index (χ3n) is 4.29. The Balaban J connectivity index is 1.76. The molecule has 0 spiro atoms. The van der Waals surface area contributed by atoms with E-state index in [0.717, 1.165) is 5.56 Å². The van der Waals surface area contributed by atoms with Crippen molar-refractivity contribution in [1.29, 1.82) is 5.26 Å². The third-order valence-corrected chi connectivity index (χ3v) is 4.98. The minimum Gasteiger partial charge on any atom is -0.493 e. The van der Waals surface area contributed by atoms with Gasteiger partial charge in [-0.2, -0.15) is 5.26 Å². The lowest BCUT2D eigenvalue weighted by Crippen LogP contribution is -2.13. The summed E-state index contributed by atoms with van der Waals surface area (Å²) >= 11 is 17.8. The second-order valence-electron chi connectivity index (χ2n) is 6.61. The fourth-order valence-corrected chi connectivity index (χ4v) is 3.43. The largest absolute Gasteiger partial charge is 0.493 e. The van der Waals surface area contributed by atoms with Crippen LogP contribution in [-0.4, -0.2) is 13.0 Å². The minimum atomic E-state index is -0.590. The van der Waals surface area contributed by atoms with Crippen molar-refractivity contribution in [2.24, 2.45) is 0 Å². The van der Waals surface area contributed by atoms with E-state index in [4.69, 9.17) is 44.3 Å². The number of hydrogen-bond acceptors (Lipinski definition) is 4. The molecule has 0 aliphatic heterocycles. The zero-order valence-corrected chi connectivity index (χ0v) is 19.1. The fourth-order valence-electron chi connectivity index (χ4n) is 2.77. The van der Waals surface area contributed by atoms with Crippen LogP contribution in [0.4, 0.5) is 5.69 Å². The molecule has 3 rings (SSSR count). The molecule has 0 radical (unpaired) electrons. The SMILES string of the molecule is COc1cc(C=C(C#N)C(=O)Nc2cc(Cl)cc(Cl)c2)ccc1OCc1ccc(Cl)cc1. The van der Waals surface area contributed by atoms with Gasteiger partial charge in [0, 0.05) is 20.8 Å². The number of benzene rings is 3. The second kappa shape index (κ2) is 10.9. The van der Waals surface area contributed by atoms with Crippen LogP contribution < -0.4 is 14.8 Å². The van der Waals surface area contributed by atoms with Gasteiger partial charge in [-0.15, -0.1) is 0 Å². The Kier molecular flexibility index (Phi) is 8.02. The van der Waals surface area contributed by atoms with Gasteiger partial charge in [-0.3, -0.25) is 4.79 Å². The Hall–Kier alpha value is -3.17. The first-order valence-electron chi connectivity index (χ1n) is 9.32. The van der Waals surface area contributed by atoms with Gasteiger partial charge in [0.2, 0.25) is 0 Å². The molecule has 32 heavy (non-hydrogen) atoms. The van der Waals surface area contributed by atoms with Crippen molar-refractivity contribution in [2.45, 2.75) is 6.61 Å². The van der Waals surface area contributed by atoms with Crippen LogP contribution in [0.15, 0.2) is 66.2 Å². The number of nitriles is 1. The third kappa shape index (κ3) is 6.41. The topological polar surface area (TPSA) is 71.3 Å². The number of carbonyl (C=O) groups excluding carboxylic acids is 1. The normalized spacial score (nSPS) is 10.9. The zero-order chi connectivity index (χ0) is 23.1. The molecule has 0 atom stereocenters. The molecule has 3 aromatic rings. The summed E-state index contributed by atoms with van der Waals surface area (Å²) in [5, 5.41) is 13.5. The highest BCUT2D eigenvalue weighted by atomic mass is 35.5. The minimum absolute atomic E-state index is 0.0991. The number of carbonyl (C=O) groups is 1. The molecule has 0 bridgehead atoms. The molecule has 0 aliphatic rings. The number of rotatable bonds is 7. The van der Waals surface area contributed by atoms with Crippen molar-refractivity contribution in [3.05, 3.63) is 92.4 Å². The van der Waals surface area contributed by atoms with Crippen molar-refractivity contribution in [3.8, 4) is 17.6 Å². The van der Waals surface area contributed by atoms with E-state index in [-0.39, 0.29) is 5.57 Å². The van der Waals surface area contributed by atoms with Gasteiger partial charge >= 0.3 is 0 Å². The molecular formula is C24H17Cl3N2O3. The summed E-state index contributed by atoms with van der Waals surface area (Å²) in [4.78, 5) is 12.5. The van der Waals surface area contributed by atoms with Gasteiger partial charge in [0.15, 0.2) is 11.5 Å². The molecule has 0 saturated heterocycles. The summed E-state index contributed by atoms with van der Waals surface area (Å²) < 4.78 is 11.2. The highest BCUT2D eigenvalue weighted by Crippen LogP contribution is 2.30. The van der Waals surface area contributed by atoms with E-state index in [1.54, 1.807) is 36.4 Å². The number of nitrogens with one attached hydrogen (secondary N) is 1. The van der Waals surface area contributed by atoms with Gasteiger partial charge in [0.05, 0.1) is 7.11 Å². The van der Waals surface area contributed by atoms with E-state index in [9.17, 15) is 10.1 Å². The average Bonchev–Trinajstić information content (AvgIpc) is 2.76. The summed E-state index contributed by atoms with van der Waals surface area (Å²) in [5.41, 5.74) is 1.83. The van der Waals surface area contributed by atoms with E-state index in [1.165, 1.54) is 25.3 Å². The molecule has 1 N–H and O–H groups in total. The second-order valence-corrected chi connectivity index (χ2v) is 7.92. The van der Waals surface area contributed by atoms with Crippen LogP contribution in [0.2, 0.25) is 15.1 Å². The van der Waals surface area contributed by atoms with Crippen molar-refractivity contribution in [2.75, 3.05) is 12.4 Å². The summed E-state index contributed by atoms with van der Waals surface area (Å²) in [6.07, 6.45) is 1.45. The van der Waals surface area contributed by atoms with Crippen LogP contribution in [0.5, 0.6) is 11.5 Å². The highest BCUT2D eigenvalue weighted by molar-refractivity contribution is 6.35. The maximum atomic E-state index is 12.5. The predicted molar refractivity (Wildman–Crippen MR) is 127 cm³/mol. The van der Waals surface area contributed by atoms with Crippen LogP contribution in [0.1, 0.15) is 11.1 Å². The fraction of sp³-hybridized carbons (Fsp3) is 0.0833. The van der Waals surface area contributed by atoms with Crippen LogP contribution in [0.25, 0.3) is 6.08 Å². The first kappa shape index (κ1) is 23.5. The van der Waals surface area contributed by atoms with Gasteiger partial charge in [0.25, 0.3) is 5.91 Å². The number of methoxy groups -OCH3 is 1. The molecule has 0 aliphatic carbocycles. The molecule has 162 valence electrons. The molecule has 0 unspecified atom stereocenters. The number of amides is 1. The van der Waals surface area contributed by atoms with Crippen molar-refractivity contribution in [1.82, 2.24) is 0 Å². The quantitative estimate of drug-likeness (QED) is 0.294. The lowest BCUT2D eigenvalue weighted by atomic mass is 10.1. The molecule has 0 heterocycles. The Bertz CT molecular complexity index is 1180. The molecule has 3 aromatic carbocycles. The Morgan fingerprint density at radius 2 is 1.66 bits per heavy atom. The number of hydrogen-bond donors (Lipinski definition) is 1. The van der Waals surface area contributed by atoms with Gasteiger partial charge in [0.1, 0.15) is 18.2 Å². The van der Waals surface area contributed by atoms with E-state index in [2.05, 4.69) is 5.32 Å². The molecule has 0 fully saturated rings. The van der Waals surface area contributed by atoms with Crippen LogP contribution >= 0.6 is 34.8 Å². The van der Waals surface area contributed by atoms with E-state index in [0.29, 0.717) is 44.4 Å². The van der Waals surface area contributed by atoms with E-state index < -0.39 is 5.91 Å². The van der Waals surface area contributed by atoms with Crippen LogP contribution in [0.3, 0.4) is 0 Å². The maximum absolute atomic E-state index is 12.5. The Labute approximate surface area is 200 Å². The summed E-state index contributed by atoms with van der Waals surface area (Å²) in [7, 11) is 1.51. The molecular weight excluding hydrogens is 471 g/mol. The number of anilines is 1. The van der Waals surface area contributed by atoms with Gasteiger partial charge in [-0.05, 0) is 59.7 Å². The standard InChI is InChI=1S/C24H17Cl3N2O3/c1-31-23-9-16(4-7-22(23)32-14-15-2-5-18(25)6-3-15)8-17(13-28)24(30)29-21-11-19(26)10-20(27)12-21/h2-12H,14H2,1H3,(H,29,30). The molecule has 8 heteroatoms.